The average molecular weight is 290 g/mol. The van der Waals surface area contributed by atoms with Gasteiger partial charge in [-0.15, -0.1) is 11.3 Å². The van der Waals surface area contributed by atoms with Crippen molar-refractivity contribution in [2.24, 2.45) is 5.92 Å². The fourth-order valence-electron chi connectivity index (χ4n) is 1.56. The van der Waals surface area contributed by atoms with E-state index in [4.69, 9.17) is 16.7 Å². The highest BCUT2D eigenvalue weighted by Gasteiger charge is 2.18. The number of nitrogens with zero attached hydrogens (tertiary/aromatic N) is 1. The molecule has 1 heterocycles. The highest BCUT2D eigenvalue weighted by atomic mass is 35.5. The van der Waals surface area contributed by atoms with Crippen molar-refractivity contribution in [2.45, 2.75) is 26.8 Å². The summed E-state index contributed by atoms with van der Waals surface area (Å²) in [5.74, 6) is -1.17. The Labute approximate surface area is 115 Å². The van der Waals surface area contributed by atoms with Crippen LogP contribution in [0.1, 0.15) is 25.1 Å². The minimum Gasteiger partial charge on any atom is -0.481 e. The monoisotopic (exact) mass is 289 g/mol. The number of halogens is 1. The molecule has 0 saturated carbocycles. The van der Waals surface area contributed by atoms with Crippen LogP contribution >= 0.6 is 22.9 Å². The number of aliphatic carboxylic acids is 1. The van der Waals surface area contributed by atoms with E-state index in [1.807, 2.05) is 19.9 Å². The molecule has 6 heteroatoms. The topological polar surface area (TPSA) is 57.6 Å². The van der Waals surface area contributed by atoms with Crippen LogP contribution in [0.4, 0.5) is 0 Å². The van der Waals surface area contributed by atoms with Crippen LogP contribution in [0.15, 0.2) is 12.1 Å². The highest BCUT2D eigenvalue weighted by Crippen LogP contribution is 2.23. The van der Waals surface area contributed by atoms with Gasteiger partial charge in [-0.05, 0) is 18.1 Å². The van der Waals surface area contributed by atoms with E-state index in [2.05, 4.69) is 0 Å². The van der Waals surface area contributed by atoms with Gasteiger partial charge in [0.25, 0.3) is 0 Å². The summed E-state index contributed by atoms with van der Waals surface area (Å²) in [5.41, 5.74) is 0. The second-order valence-corrected chi connectivity index (χ2v) is 6.24. The number of carboxylic acids is 1. The van der Waals surface area contributed by atoms with Crippen LogP contribution in [0.2, 0.25) is 4.34 Å². The zero-order chi connectivity index (χ0) is 13.7. The number of carboxylic acid groups (broad SMARTS) is 1. The van der Waals surface area contributed by atoms with Gasteiger partial charge < -0.3 is 10.0 Å². The van der Waals surface area contributed by atoms with Crippen LogP contribution < -0.4 is 0 Å². The Balaban J connectivity index is 2.71. The quantitative estimate of drug-likeness (QED) is 0.819. The molecule has 1 aromatic heterocycles. The molecule has 0 saturated heterocycles. The van der Waals surface area contributed by atoms with E-state index in [0.717, 1.165) is 4.88 Å². The van der Waals surface area contributed by atoms with Crippen LogP contribution in [-0.2, 0) is 16.1 Å². The molecule has 0 aliphatic heterocycles. The molecule has 0 aromatic carbocycles. The molecule has 0 fully saturated rings. The van der Waals surface area contributed by atoms with Crippen molar-refractivity contribution in [3.63, 3.8) is 0 Å². The van der Waals surface area contributed by atoms with Crippen LogP contribution in [-0.4, -0.2) is 28.4 Å². The Morgan fingerprint density at radius 3 is 2.56 bits per heavy atom. The number of carbonyl (C=O) groups is 2. The van der Waals surface area contributed by atoms with Crippen LogP contribution in [0, 0.1) is 5.92 Å². The molecule has 18 heavy (non-hydrogen) atoms. The maximum Gasteiger partial charge on any atom is 0.312 e. The molecule has 4 nitrogen and oxygen atoms in total. The second-order valence-electron chi connectivity index (χ2n) is 4.44. The fraction of sp³-hybridized carbons (Fsp3) is 0.500. The van der Waals surface area contributed by atoms with Crippen molar-refractivity contribution in [3.05, 3.63) is 21.3 Å². The summed E-state index contributed by atoms with van der Waals surface area (Å²) in [4.78, 5) is 24.9. The lowest BCUT2D eigenvalue weighted by atomic mass is 10.2. The summed E-state index contributed by atoms with van der Waals surface area (Å²) in [5, 5.41) is 8.67. The van der Waals surface area contributed by atoms with Gasteiger partial charge in [0.15, 0.2) is 0 Å². The Kier molecular flexibility index (Phi) is 5.62. The molecule has 0 aliphatic rings. The number of carbonyl (C=O) groups excluding carboxylic acids is 1. The summed E-state index contributed by atoms with van der Waals surface area (Å²) in [6.07, 6.45) is -0.466. The first-order chi connectivity index (χ1) is 8.38. The largest absolute Gasteiger partial charge is 0.481 e. The normalized spacial score (nSPS) is 10.7. The summed E-state index contributed by atoms with van der Waals surface area (Å²) in [7, 11) is 0. The first kappa shape index (κ1) is 15.0. The van der Waals surface area contributed by atoms with E-state index in [-0.39, 0.29) is 11.8 Å². The van der Waals surface area contributed by atoms with Gasteiger partial charge in [-0.1, -0.05) is 25.4 Å². The SMILES string of the molecule is CC(C)CN(Cc1ccc(Cl)s1)C(=O)CC(=O)O. The molecule has 1 N–H and O–H groups in total. The van der Waals surface area contributed by atoms with Gasteiger partial charge in [-0.25, -0.2) is 0 Å². The first-order valence-electron chi connectivity index (χ1n) is 5.62. The van der Waals surface area contributed by atoms with Crippen LogP contribution in [0.5, 0.6) is 0 Å². The molecule has 0 unspecified atom stereocenters. The first-order valence-corrected chi connectivity index (χ1v) is 6.81. The molecular formula is C12H16ClNO3S. The zero-order valence-corrected chi connectivity index (χ0v) is 11.9. The standard InChI is InChI=1S/C12H16ClNO3S/c1-8(2)6-14(11(15)5-12(16)17)7-9-3-4-10(13)18-9/h3-4,8H,5-7H2,1-2H3,(H,16,17). The lowest BCUT2D eigenvalue weighted by Gasteiger charge is -2.23. The summed E-state index contributed by atoms with van der Waals surface area (Å²) in [6.45, 7) is 4.94. The fourth-order valence-corrected chi connectivity index (χ4v) is 2.66. The van der Waals surface area contributed by atoms with Gasteiger partial charge in [0.05, 0.1) is 10.9 Å². The molecule has 1 amide bonds. The lowest BCUT2D eigenvalue weighted by molar-refractivity contribution is -0.144. The Morgan fingerprint density at radius 1 is 1.44 bits per heavy atom. The van der Waals surface area contributed by atoms with Crippen molar-refractivity contribution in [1.82, 2.24) is 4.90 Å². The minimum atomic E-state index is -1.10. The van der Waals surface area contributed by atoms with Gasteiger partial charge >= 0.3 is 5.97 Å². The summed E-state index contributed by atoms with van der Waals surface area (Å²) < 4.78 is 0.667. The van der Waals surface area contributed by atoms with E-state index in [9.17, 15) is 9.59 Å². The van der Waals surface area contributed by atoms with Gasteiger partial charge in [-0.2, -0.15) is 0 Å². The van der Waals surface area contributed by atoms with E-state index >= 15 is 0 Å². The maximum absolute atomic E-state index is 11.8. The van der Waals surface area contributed by atoms with E-state index in [1.54, 1.807) is 11.0 Å². The average Bonchev–Trinajstić information content (AvgIpc) is 2.61. The zero-order valence-electron chi connectivity index (χ0n) is 10.4. The molecule has 100 valence electrons. The molecule has 0 spiro atoms. The smallest absolute Gasteiger partial charge is 0.312 e. The van der Waals surface area contributed by atoms with Crippen LogP contribution in [0.25, 0.3) is 0 Å². The highest BCUT2D eigenvalue weighted by molar-refractivity contribution is 7.16. The van der Waals surface area contributed by atoms with E-state index < -0.39 is 12.4 Å². The van der Waals surface area contributed by atoms with Crippen molar-refractivity contribution in [3.8, 4) is 0 Å². The van der Waals surface area contributed by atoms with Crippen molar-refractivity contribution >= 4 is 34.8 Å². The predicted molar refractivity (Wildman–Crippen MR) is 71.8 cm³/mol. The minimum absolute atomic E-state index is 0.290. The number of amides is 1. The summed E-state index contributed by atoms with van der Waals surface area (Å²) in [6, 6.07) is 3.63. The third-order valence-corrected chi connectivity index (χ3v) is 3.43. The maximum atomic E-state index is 11.8. The van der Waals surface area contributed by atoms with Crippen molar-refractivity contribution < 1.29 is 14.7 Å². The second kappa shape index (κ2) is 6.75. The molecule has 1 aromatic rings. The lowest BCUT2D eigenvalue weighted by Crippen LogP contribution is -2.34. The number of rotatable bonds is 6. The van der Waals surface area contributed by atoms with Crippen molar-refractivity contribution in [1.29, 1.82) is 0 Å². The summed E-state index contributed by atoms with van der Waals surface area (Å²) >= 11 is 7.24. The molecule has 0 atom stereocenters. The molecule has 0 radical (unpaired) electrons. The molecular weight excluding hydrogens is 274 g/mol. The Hall–Kier alpha value is -1.07. The molecule has 1 rings (SSSR count). The molecule has 0 bridgehead atoms. The number of hydrogen-bond donors (Lipinski definition) is 1. The van der Waals surface area contributed by atoms with Gasteiger partial charge in [-0.3, -0.25) is 9.59 Å². The number of thiophene rings is 1. The van der Waals surface area contributed by atoms with Crippen molar-refractivity contribution in [2.75, 3.05) is 6.54 Å². The Morgan fingerprint density at radius 2 is 2.11 bits per heavy atom. The van der Waals surface area contributed by atoms with Crippen LogP contribution in [0.3, 0.4) is 0 Å². The predicted octanol–water partition coefficient (Wildman–Crippen LogP) is 2.86. The third kappa shape index (κ3) is 5.06. The van der Waals surface area contributed by atoms with E-state index in [1.165, 1.54) is 11.3 Å². The Bertz CT molecular complexity index is 431. The number of hydrogen-bond acceptors (Lipinski definition) is 3. The van der Waals surface area contributed by atoms with Gasteiger partial charge in [0.2, 0.25) is 5.91 Å². The van der Waals surface area contributed by atoms with E-state index in [0.29, 0.717) is 17.4 Å². The van der Waals surface area contributed by atoms with Gasteiger partial charge in [0.1, 0.15) is 6.42 Å². The third-order valence-electron chi connectivity index (χ3n) is 2.22. The molecule has 0 aliphatic carbocycles. The van der Waals surface area contributed by atoms with Gasteiger partial charge in [0, 0.05) is 11.4 Å².